The number of rotatable bonds is 7. The third-order valence-electron chi connectivity index (χ3n) is 4.77. The lowest BCUT2D eigenvalue weighted by Gasteiger charge is -2.28. The summed E-state index contributed by atoms with van der Waals surface area (Å²) in [6.07, 6.45) is 6.82. The quantitative estimate of drug-likeness (QED) is 0.685. The van der Waals surface area contributed by atoms with Gasteiger partial charge in [-0.2, -0.15) is 11.8 Å². The summed E-state index contributed by atoms with van der Waals surface area (Å²) in [4.78, 5) is 25.3. The molecule has 2 N–H and O–H groups in total. The van der Waals surface area contributed by atoms with E-state index in [1.54, 1.807) is 23.9 Å². The van der Waals surface area contributed by atoms with Crippen LogP contribution in [0.4, 0.5) is 0 Å². The number of carbonyl (C=O) groups excluding carboxylic acids is 2. The van der Waals surface area contributed by atoms with Crippen LogP contribution in [0.15, 0.2) is 18.2 Å². The van der Waals surface area contributed by atoms with E-state index in [0.29, 0.717) is 17.0 Å². The number of thioether (sulfide) groups is 1. The molecule has 1 aliphatic carbocycles. The molecule has 7 heteroatoms. The second-order valence-corrected chi connectivity index (χ2v) is 8.73. The predicted molar refractivity (Wildman–Crippen MR) is 110 cm³/mol. The number of hydrogen-bond acceptors (Lipinski definition) is 3. The molecule has 1 atom stereocenters. The molecule has 0 bridgehead atoms. The third kappa shape index (κ3) is 6.36. The van der Waals surface area contributed by atoms with Gasteiger partial charge in [0.25, 0.3) is 5.91 Å². The zero-order chi connectivity index (χ0) is 19.1. The molecule has 0 radical (unpaired) electrons. The van der Waals surface area contributed by atoms with Crippen molar-refractivity contribution in [1.29, 1.82) is 0 Å². The Labute approximate surface area is 169 Å². The minimum Gasteiger partial charge on any atom is -0.352 e. The summed E-state index contributed by atoms with van der Waals surface area (Å²) in [5.74, 6) is 1.04. The van der Waals surface area contributed by atoms with Crippen molar-refractivity contribution in [3.05, 3.63) is 33.8 Å². The van der Waals surface area contributed by atoms with Gasteiger partial charge in [0.15, 0.2) is 0 Å². The highest BCUT2D eigenvalue weighted by Gasteiger charge is 2.26. The minimum atomic E-state index is -0.568. The molecular weight excluding hydrogens is 391 g/mol. The summed E-state index contributed by atoms with van der Waals surface area (Å²) in [7, 11) is 0. The first-order chi connectivity index (χ1) is 12.4. The van der Waals surface area contributed by atoms with Gasteiger partial charge in [-0.05, 0) is 68.2 Å². The maximum absolute atomic E-state index is 12.7. The molecule has 144 valence electrons. The zero-order valence-corrected chi connectivity index (χ0v) is 17.5. The molecular formula is C19H26Cl2N2O2S. The largest absolute Gasteiger partial charge is 0.352 e. The summed E-state index contributed by atoms with van der Waals surface area (Å²) >= 11 is 13.6. The fraction of sp³-hybridized carbons (Fsp3) is 0.579. The van der Waals surface area contributed by atoms with E-state index in [2.05, 4.69) is 17.6 Å². The van der Waals surface area contributed by atoms with E-state index >= 15 is 0 Å². The molecule has 1 aliphatic rings. The Hall–Kier alpha value is -0.910. The Morgan fingerprint density at radius 1 is 1.23 bits per heavy atom. The average Bonchev–Trinajstić information content (AvgIpc) is 2.60. The highest BCUT2D eigenvalue weighted by Crippen LogP contribution is 2.24. The molecule has 1 aromatic rings. The van der Waals surface area contributed by atoms with Crippen molar-refractivity contribution in [3.63, 3.8) is 0 Å². The Morgan fingerprint density at radius 3 is 2.54 bits per heavy atom. The first kappa shape index (κ1) is 21.4. The van der Waals surface area contributed by atoms with Gasteiger partial charge >= 0.3 is 0 Å². The van der Waals surface area contributed by atoms with Crippen molar-refractivity contribution in [2.75, 3.05) is 12.0 Å². The van der Waals surface area contributed by atoms with E-state index in [1.807, 2.05) is 6.26 Å². The first-order valence-electron chi connectivity index (χ1n) is 8.96. The summed E-state index contributed by atoms with van der Waals surface area (Å²) in [6, 6.07) is 4.35. The summed E-state index contributed by atoms with van der Waals surface area (Å²) < 4.78 is 0. The van der Waals surface area contributed by atoms with Crippen molar-refractivity contribution >= 4 is 46.8 Å². The monoisotopic (exact) mass is 416 g/mol. The third-order valence-corrected chi connectivity index (χ3v) is 5.96. The summed E-state index contributed by atoms with van der Waals surface area (Å²) in [6.45, 7) is 2.25. The Bertz CT molecular complexity index is 634. The first-order valence-corrected chi connectivity index (χ1v) is 11.1. The van der Waals surface area contributed by atoms with E-state index in [1.165, 1.54) is 6.07 Å². The minimum absolute atomic E-state index is 0.114. The molecule has 2 amide bonds. The maximum Gasteiger partial charge on any atom is 0.253 e. The molecule has 0 saturated heterocycles. The topological polar surface area (TPSA) is 58.2 Å². The van der Waals surface area contributed by atoms with E-state index in [4.69, 9.17) is 23.2 Å². The van der Waals surface area contributed by atoms with Crippen LogP contribution in [0.3, 0.4) is 0 Å². The fourth-order valence-corrected chi connectivity index (χ4v) is 4.09. The van der Waals surface area contributed by atoms with Crippen LogP contribution >= 0.6 is 35.0 Å². The van der Waals surface area contributed by atoms with Gasteiger partial charge in [-0.3, -0.25) is 9.59 Å². The van der Waals surface area contributed by atoms with Crippen LogP contribution in [0.5, 0.6) is 0 Å². The molecule has 1 saturated carbocycles. The number of nitrogens with one attached hydrogen (secondary N) is 2. The van der Waals surface area contributed by atoms with Crippen LogP contribution in [-0.2, 0) is 4.79 Å². The normalized spacial score (nSPS) is 21.1. The van der Waals surface area contributed by atoms with Crippen molar-refractivity contribution < 1.29 is 9.59 Å². The maximum atomic E-state index is 12.7. The van der Waals surface area contributed by atoms with Gasteiger partial charge in [0.1, 0.15) is 6.04 Å². The van der Waals surface area contributed by atoms with Crippen LogP contribution in [0, 0.1) is 5.92 Å². The van der Waals surface area contributed by atoms with Crippen LogP contribution < -0.4 is 10.6 Å². The van der Waals surface area contributed by atoms with Gasteiger partial charge in [0, 0.05) is 11.1 Å². The fourth-order valence-electron chi connectivity index (χ4n) is 3.12. The molecule has 0 spiro atoms. The SMILES string of the molecule is CSCCC(NC(=O)c1ccc(Cl)cc1Cl)C(=O)NC1CCC(C)CC1. The van der Waals surface area contributed by atoms with E-state index in [0.717, 1.165) is 37.4 Å². The molecule has 1 unspecified atom stereocenters. The van der Waals surface area contributed by atoms with Gasteiger partial charge in [-0.15, -0.1) is 0 Å². The van der Waals surface area contributed by atoms with E-state index < -0.39 is 6.04 Å². The molecule has 26 heavy (non-hydrogen) atoms. The summed E-state index contributed by atoms with van der Waals surface area (Å²) in [5, 5.41) is 6.69. The number of carbonyl (C=O) groups is 2. The molecule has 4 nitrogen and oxygen atoms in total. The Kier molecular flexibility index (Phi) is 8.58. The highest BCUT2D eigenvalue weighted by atomic mass is 35.5. The van der Waals surface area contributed by atoms with E-state index in [-0.39, 0.29) is 22.9 Å². The molecule has 0 heterocycles. The van der Waals surface area contributed by atoms with E-state index in [9.17, 15) is 9.59 Å². The lowest BCUT2D eigenvalue weighted by atomic mass is 9.87. The predicted octanol–water partition coefficient (Wildman–Crippen LogP) is 4.54. The van der Waals surface area contributed by atoms with Crippen LogP contribution in [0.25, 0.3) is 0 Å². The van der Waals surface area contributed by atoms with Gasteiger partial charge in [-0.1, -0.05) is 30.1 Å². The van der Waals surface area contributed by atoms with Crippen molar-refractivity contribution in [3.8, 4) is 0 Å². The second kappa shape index (κ2) is 10.4. The standard InChI is InChI=1S/C19H26Cl2N2O2S/c1-12-3-6-14(7-4-12)22-19(25)17(9-10-26-2)23-18(24)15-8-5-13(20)11-16(15)21/h5,8,11-12,14,17H,3-4,6-7,9-10H2,1-2H3,(H,22,25)(H,23,24). The second-order valence-electron chi connectivity index (χ2n) is 6.90. The van der Waals surface area contributed by atoms with Gasteiger partial charge in [-0.25, -0.2) is 0 Å². The van der Waals surface area contributed by atoms with Gasteiger partial charge < -0.3 is 10.6 Å². The number of halogens is 2. The summed E-state index contributed by atoms with van der Waals surface area (Å²) in [5.41, 5.74) is 0.324. The number of hydrogen-bond donors (Lipinski definition) is 2. The average molecular weight is 417 g/mol. The zero-order valence-electron chi connectivity index (χ0n) is 15.2. The molecule has 1 aromatic carbocycles. The van der Waals surface area contributed by atoms with Crippen molar-refractivity contribution in [2.45, 2.75) is 51.1 Å². The van der Waals surface area contributed by atoms with Crippen LogP contribution in [-0.4, -0.2) is 35.9 Å². The number of benzene rings is 1. The molecule has 2 rings (SSSR count). The highest BCUT2D eigenvalue weighted by molar-refractivity contribution is 7.98. The van der Waals surface area contributed by atoms with Crippen molar-refractivity contribution in [2.24, 2.45) is 5.92 Å². The molecule has 1 fully saturated rings. The smallest absolute Gasteiger partial charge is 0.253 e. The lowest BCUT2D eigenvalue weighted by Crippen LogP contribution is -2.50. The van der Waals surface area contributed by atoms with Gasteiger partial charge in [0.2, 0.25) is 5.91 Å². The Morgan fingerprint density at radius 2 is 1.92 bits per heavy atom. The molecule has 0 aliphatic heterocycles. The molecule has 0 aromatic heterocycles. The van der Waals surface area contributed by atoms with Crippen molar-refractivity contribution in [1.82, 2.24) is 10.6 Å². The van der Waals surface area contributed by atoms with Crippen LogP contribution in [0.1, 0.15) is 49.4 Å². The van der Waals surface area contributed by atoms with Gasteiger partial charge in [0.05, 0.1) is 10.6 Å². The lowest BCUT2D eigenvalue weighted by molar-refractivity contribution is -0.124. The number of amides is 2. The Balaban J connectivity index is 2.01. The van der Waals surface area contributed by atoms with Crippen LogP contribution in [0.2, 0.25) is 10.0 Å².